The summed E-state index contributed by atoms with van der Waals surface area (Å²) in [5, 5.41) is 6.84. The number of carbonyl (C=O) groups excluding carboxylic acids is 2. The van der Waals surface area contributed by atoms with Gasteiger partial charge in [-0.3, -0.25) is 14.5 Å². The van der Waals surface area contributed by atoms with E-state index >= 15 is 0 Å². The summed E-state index contributed by atoms with van der Waals surface area (Å²) in [6.45, 7) is 0.387. The number of likely N-dealkylation sites (N-methyl/N-ethyl adjacent to an activating group) is 1. The smallest absolute Gasteiger partial charge is 0.291 e. The van der Waals surface area contributed by atoms with Crippen molar-refractivity contribution in [2.75, 3.05) is 18.6 Å². The van der Waals surface area contributed by atoms with Gasteiger partial charge in [-0.25, -0.2) is 14.6 Å². The molecule has 0 spiro atoms. The zero-order valence-corrected chi connectivity index (χ0v) is 16.1. The molecule has 0 fully saturated rings. The Labute approximate surface area is 172 Å². The van der Waals surface area contributed by atoms with Crippen LogP contribution in [-0.4, -0.2) is 51.3 Å². The zero-order chi connectivity index (χ0) is 21.1. The minimum Gasteiger partial charge on any atom is -0.487 e. The van der Waals surface area contributed by atoms with Crippen LogP contribution in [0.4, 0.5) is 5.82 Å². The summed E-state index contributed by atoms with van der Waals surface area (Å²) in [4.78, 5) is 34.9. The number of terminal acetylenes is 1. The van der Waals surface area contributed by atoms with E-state index in [2.05, 4.69) is 26.3 Å². The lowest BCUT2D eigenvalue weighted by atomic mass is 10.1. The molecular weight excluding hydrogens is 384 g/mol. The highest BCUT2D eigenvalue weighted by atomic mass is 16.5. The normalized spacial score (nSPS) is 15.5. The lowest BCUT2D eigenvalue weighted by Crippen LogP contribution is -2.49. The zero-order valence-electron chi connectivity index (χ0n) is 16.1. The van der Waals surface area contributed by atoms with Gasteiger partial charge in [0.15, 0.2) is 11.6 Å². The number of carbonyl (C=O) groups is 2. The van der Waals surface area contributed by atoms with Crippen molar-refractivity contribution in [3.8, 4) is 18.1 Å². The lowest BCUT2D eigenvalue weighted by molar-refractivity contribution is -0.120. The van der Waals surface area contributed by atoms with Crippen molar-refractivity contribution >= 4 is 17.6 Å². The van der Waals surface area contributed by atoms with E-state index in [1.54, 1.807) is 25.4 Å². The van der Waals surface area contributed by atoms with Crippen molar-refractivity contribution < 1.29 is 14.3 Å². The second-order valence-electron chi connectivity index (χ2n) is 6.67. The van der Waals surface area contributed by atoms with E-state index in [9.17, 15) is 9.59 Å². The van der Waals surface area contributed by atoms with Gasteiger partial charge in [0, 0.05) is 18.8 Å². The quantitative estimate of drug-likeness (QED) is 0.650. The molecule has 1 aliphatic heterocycles. The summed E-state index contributed by atoms with van der Waals surface area (Å²) in [5.41, 5.74) is 1.69. The number of aromatic nitrogens is 4. The Hall–Kier alpha value is -4.19. The van der Waals surface area contributed by atoms with Crippen LogP contribution < -0.4 is 15.0 Å². The molecule has 1 atom stereocenters. The van der Waals surface area contributed by atoms with Crippen LogP contribution in [0, 0.1) is 12.3 Å². The highest BCUT2D eigenvalue weighted by molar-refractivity contribution is 6.01. The maximum atomic E-state index is 12.7. The molecule has 0 unspecified atom stereocenters. The number of fused-ring (bicyclic) bond motifs is 1. The van der Waals surface area contributed by atoms with Gasteiger partial charge in [-0.1, -0.05) is 18.1 Å². The molecule has 1 aliphatic rings. The first-order chi connectivity index (χ1) is 14.5. The summed E-state index contributed by atoms with van der Waals surface area (Å²) in [6, 6.07) is 10.0. The summed E-state index contributed by atoms with van der Waals surface area (Å²) in [5.74, 6) is 2.50. The Kier molecular flexibility index (Phi) is 5.13. The van der Waals surface area contributed by atoms with E-state index in [0.29, 0.717) is 18.1 Å². The molecule has 2 aromatic heterocycles. The van der Waals surface area contributed by atoms with E-state index < -0.39 is 11.9 Å². The summed E-state index contributed by atoms with van der Waals surface area (Å²) >= 11 is 0. The van der Waals surface area contributed by atoms with E-state index in [-0.39, 0.29) is 18.3 Å². The van der Waals surface area contributed by atoms with Crippen LogP contribution >= 0.6 is 0 Å². The largest absolute Gasteiger partial charge is 0.487 e. The summed E-state index contributed by atoms with van der Waals surface area (Å²) < 4.78 is 7.17. The number of ether oxygens (including phenoxy) is 1. The maximum Gasteiger partial charge on any atom is 0.291 e. The number of anilines is 1. The first-order valence-electron chi connectivity index (χ1n) is 9.16. The first kappa shape index (κ1) is 19.1. The van der Waals surface area contributed by atoms with Crippen molar-refractivity contribution in [2.45, 2.75) is 12.6 Å². The second kappa shape index (κ2) is 8.05. The number of amides is 2. The van der Waals surface area contributed by atoms with Gasteiger partial charge in [-0.15, -0.1) is 11.5 Å². The molecule has 3 aromatic rings. The highest BCUT2D eigenvalue weighted by Gasteiger charge is 2.32. The van der Waals surface area contributed by atoms with Crippen LogP contribution in [0.2, 0.25) is 0 Å². The summed E-state index contributed by atoms with van der Waals surface area (Å²) in [6.07, 6.45) is 8.45. The molecule has 0 saturated carbocycles. The third kappa shape index (κ3) is 3.84. The minimum atomic E-state index is -0.893. The average molecular weight is 402 g/mol. The van der Waals surface area contributed by atoms with Gasteiger partial charge >= 0.3 is 0 Å². The molecule has 9 nitrogen and oxygen atoms in total. The second-order valence-corrected chi connectivity index (χ2v) is 6.67. The number of rotatable bonds is 4. The monoisotopic (exact) mass is 402 g/mol. The van der Waals surface area contributed by atoms with Crippen molar-refractivity contribution in [3.63, 3.8) is 0 Å². The van der Waals surface area contributed by atoms with Gasteiger partial charge < -0.3 is 10.1 Å². The topological polar surface area (TPSA) is 102 Å². The van der Waals surface area contributed by atoms with Gasteiger partial charge in [0.2, 0.25) is 5.82 Å². The van der Waals surface area contributed by atoms with E-state index in [1.807, 2.05) is 24.3 Å². The molecule has 0 aliphatic carbocycles. The van der Waals surface area contributed by atoms with Crippen LogP contribution in [0.3, 0.4) is 0 Å². The van der Waals surface area contributed by atoms with Gasteiger partial charge in [0.05, 0.1) is 6.54 Å². The molecule has 1 N–H and O–H groups in total. The minimum absolute atomic E-state index is 0.0206. The number of pyridine rings is 1. The third-order valence-corrected chi connectivity index (χ3v) is 4.59. The molecule has 1 aromatic carbocycles. The van der Waals surface area contributed by atoms with Gasteiger partial charge in [-0.05, 0) is 29.8 Å². The maximum absolute atomic E-state index is 12.7. The molecule has 0 saturated heterocycles. The Bertz CT molecular complexity index is 1150. The number of nitrogens with one attached hydrogen (secondary N) is 1. The predicted octanol–water partition coefficient (Wildman–Crippen LogP) is 0.856. The lowest BCUT2D eigenvalue weighted by Gasteiger charge is -2.18. The molecule has 0 radical (unpaired) electrons. The summed E-state index contributed by atoms with van der Waals surface area (Å²) in [7, 11) is 1.58. The number of benzene rings is 1. The molecule has 30 heavy (non-hydrogen) atoms. The fourth-order valence-electron chi connectivity index (χ4n) is 3.08. The van der Waals surface area contributed by atoms with Gasteiger partial charge in [-0.2, -0.15) is 0 Å². The Morgan fingerprint density at radius 3 is 3.03 bits per heavy atom. The number of hydrogen-bond donors (Lipinski definition) is 1. The fraction of sp³-hybridized carbons (Fsp3) is 0.190. The Morgan fingerprint density at radius 2 is 2.20 bits per heavy atom. The molecule has 150 valence electrons. The van der Waals surface area contributed by atoms with E-state index in [1.165, 1.54) is 15.9 Å². The number of nitrogens with zero attached hydrogens (tertiary/aromatic N) is 5. The van der Waals surface area contributed by atoms with Crippen molar-refractivity contribution in [3.05, 3.63) is 65.9 Å². The van der Waals surface area contributed by atoms with Crippen LogP contribution in [0.5, 0.6) is 5.75 Å². The standard InChI is InChI=1S/C21H18N6O3/c1-3-14-6-4-7-15(10-14)11-27-13-23-18(25-27)20(28)24-16-12-30-17-8-5-9-22-19(17)26(2)21(16)29/h1,4-10,13,16H,11-12H2,2H3,(H,24,28)/t16-/m0/s1. The Morgan fingerprint density at radius 1 is 1.33 bits per heavy atom. The molecule has 9 heteroatoms. The van der Waals surface area contributed by atoms with Gasteiger partial charge in [0.25, 0.3) is 11.8 Å². The molecule has 0 bridgehead atoms. The van der Waals surface area contributed by atoms with E-state index in [4.69, 9.17) is 11.2 Å². The predicted molar refractivity (Wildman–Crippen MR) is 108 cm³/mol. The third-order valence-electron chi connectivity index (χ3n) is 4.59. The highest BCUT2D eigenvalue weighted by Crippen LogP contribution is 2.27. The molecular formula is C21H18N6O3. The van der Waals surface area contributed by atoms with Gasteiger partial charge in [0.1, 0.15) is 19.0 Å². The van der Waals surface area contributed by atoms with E-state index in [0.717, 1.165) is 11.1 Å². The average Bonchev–Trinajstić information content (AvgIpc) is 3.20. The van der Waals surface area contributed by atoms with Crippen molar-refractivity contribution in [1.82, 2.24) is 25.1 Å². The molecule has 4 rings (SSSR count). The van der Waals surface area contributed by atoms with Crippen LogP contribution in [0.25, 0.3) is 0 Å². The molecule has 2 amide bonds. The first-order valence-corrected chi connectivity index (χ1v) is 9.16. The van der Waals surface area contributed by atoms with Crippen molar-refractivity contribution in [1.29, 1.82) is 0 Å². The van der Waals surface area contributed by atoms with Crippen LogP contribution in [-0.2, 0) is 11.3 Å². The number of hydrogen-bond acceptors (Lipinski definition) is 6. The molecule has 3 heterocycles. The fourth-order valence-corrected chi connectivity index (χ4v) is 3.08. The SMILES string of the molecule is C#Cc1cccc(Cn2cnc(C(=O)N[C@H]3COc4cccnc4N(C)C3=O)n2)c1. The van der Waals surface area contributed by atoms with Crippen LogP contribution in [0.1, 0.15) is 21.7 Å². The Balaban J connectivity index is 1.44. The van der Waals surface area contributed by atoms with Crippen LogP contribution in [0.15, 0.2) is 48.9 Å². The van der Waals surface area contributed by atoms with Crippen molar-refractivity contribution in [2.24, 2.45) is 0 Å².